The van der Waals surface area contributed by atoms with E-state index in [1.165, 1.54) is 6.42 Å². The molecule has 0 radical (unpaired) electrons. The first-order chi connectivity index (χ1) is 8.73. The lowest BCUT2D eigenvalue weighted by Crippen LogP contribution is -2.62. The van der Waals surface area contributed by atoms with Crippen LogP contribution in [0, 0.1) is 11.3 Å². The molecule has 1 aliphatic rings. The first-order valence-corrected chi connectivity index (χ1v) is 7.75. The summed E-state index contributed by atoms with van der Waals surface area (Å²) in [6, 6.07) is 1.18. The van der Waals surface area contributed by atoms with Crippen LogP contribution in [0.4, 0.5) is 0 Å². The summed E-state index contributed by atoms with van der Waals surface area (Å²) in [6.07, 6.45) is 2.79. The summed E-state index contributed by atoms with van der Waals surface area (Å²) in [4.78, 5) is 2.25. The van der Waals surface area contributed by atoms with Crippen LogP contribution in [-0.4, -0.2) is 50.3 Å². The number of hydrogen-bond acceptors (Lipinski definition) is 3. The average Bonchev–Trinajstić information content (AvgIpc) is 2.29. The molecule has 0 amide bonds. The van der Waals surface area contributed by atoms with E-state index in [4.69, 9.17) is 4.74 Å². The van der Waals surface area contributed by atoms with Gasteiger partial charge in [0.25, 0.3) is 0 Å². The molecule has 0 aromatic carbocycles. The predicted molar refractivity (Wildman–Crippen MR) is 82.5 cm³/mol. The van der Waals surface area contributed by atoms with Crippen LogP contribution in [0.2, 0.25) is 0 Å². The molecule has 1 fully saturated rings. The van der Waals surface area contributed by atoms with E-state index in [2.05, 4.69) is 58.9 Å². The highest BCUT2D eigenvalue weighted by Gasteiger charge is 2.49. The molecule has 0 aliphatic heterocycles. The maximum Gasteiger partial charge on any atom is 0.0656 e. The van der Waals surface area contributed by atoms with Crippen LogP contribution < -0.4 is 5.32 Å². The summed E-state index contributed by atoms with van der Waals surface area (Å²) in [5, 5.41) is 3.77. The summed E-state index contributed by atoms with van der Waals surface area (Å²) in [5.41, 5.74) is 0.265. The smallest absolute Gasteiger partial charge is 0.0656 e. The Morgan fingerprint density at radius 2 is 1.89 bits per heavy atom. The second kappa shape index (κ2) is 7.05. The third-order valence-electron chi connectivity index (χ3n) is 4.30. The molecule has 1 aliphatic carbocycles. The second-order valence-electron chi connectivity index (χ2n) is 7.49. The lowest BCUT2D eigenvalue weighted by Gasteiger charge is -2.53. The Morgan fingerprint density at radius 1 is 1.26 bits per heavy atom. The van der Waals surface area contributed by atoms with Crippen LogP contribution in [0.1, 0.15) is 47.5 Å². The Kier molecular flexibility index (Phi) is 6.28. The molecule has 3 nitrogen and oxygen atoms in total. The molecule has 3 heteroatoms. The molecule has 3 unspecified atom stereocenters. The van der Waals surface area contributed by atoms with Crippen molar-refractivity contribution >= 4 is 0 Å². The Labute approximate surface area is 120 Å². The molecule has 1 saturated carbocycles. The van der Waals surface area contributed by atoms with Crippen LogP contribution in [0.5, 0.6) is 0 Å². The first kappa shape index (κ1) is 16.9. The van der Waals surface area contributed by atoms with Crippen molar-refractivity contribution in [2.75, 3.05) is 27.2 Å². The molecule has 0 heterocycles. The monoisotopic (exact) mass is 270 g/mol. The van der Waals surface area contributed by atoms with Gasteiger partial charge in [-0.05, 0) is 46.3 Å². The van der Waals surface area contributed by atoms with E-state index >= 15 is 0 Å². The lowest BCUT2D eigenvalue weighted by molar-refractivity contribution is -0.125. The Bertz CT molecular complexity index is 263. The van der Waals surface area contributed by atoms with Gasteiger partial charge in [0.1, 0.15) is 0 Å². The van der Waals surface area contributed by atoms with Gasteiger partial charge in [0.05, 0.1) is 6.10 Å². The van der Waals surface area contributed by atoms with Crippen LogP contribution in [0.25, 0.3) is 0 Å². The van der Waals surface area contributed by atoms with E-state index in [0.717, 1.165) is 19.6 Å². The number of rotatable bonds is 8. The standard InChI is InChI=1S/C16H34N2O/c1-12(2)11-19-15-10-14(16(15,4)5)17-13(3)8-9-18(6)7/h12-15,17H,8-11H2,1-7H3. The highest BCUT2D eigenvalue weighted by molar-refractivity contribution is 5.03. The van der Waals surface area contributed by atoms with Crippen molar-refractivity contribution in [1.29, 1.82) is 0 Å². The minimum atomic E-state index is 0.265. The van der Waals surface area contributed by atoms with Crippen molar-refractivity contribution in [2.45, 2.75) is 65.6 Å². The Morgan fingerprint density at radius 3 is 2.37 bits per heavy atom. The largest absolute Gasteiger partial charge is 0.377 e. The molecule has 0 aromatic rings. The maximum absolute atomic E-state index is 6.02. The van der Waals surface area contributed by atoms with E-state index in [0.29, 0.717) is 24.1 Å². The SMILES string of the molecule is CC(C)COC1CC(NC(C)CCN(C)C)C1(C)C. The lowest BCUT2D eigenvalue weighted by atomic mass is 9.64. The zero-order valence-corrected chi connectivity index (χ0v) is 14.0. The zero-order valence-electron chi connectivity index (χ0n) is 14.0. The summed E-state index contributed by atoms with van der Waals surface area (Å²) < 4.78 is 6.02. The predicted octanol–water partition coefficient (Wildman–Crippen LogP) is 2.76. The third-order valence-corrected chi connectivity index (χ3v) is 4.30. The highest BCUT2D eigenvalue weighted by atomic mass is 16.5. The Hall–Kier alpha value is -0.120. The van der Waals surface area contributed by atoms with Gasteiger partial charge >= 0.3 is 0 Å². The van der Waals surface area contributed by atoms with E-state index < -0.39 is 0 Å². The van der Waals surface area contributed by atoms with Crippen LogP contribution in [0.15, 0.2) is 0 Å². The molecular formula is C16H34N2O. The minimum absolute atomic E-state index is 0.265. The molecule has 0 bridgehead atoms. The molecule has 19 heavy (non-hydrogen) atoms. The van der Waals surface area contributed by atoms with Crippen LogP contribution in [0.3, 0.4) is 0 Å². The molecule has 1 rings (SSSR count). The normalized spacial score (nSPS) is 27.6. The molecule has 1 N–H and O–H groups in total. The van der Waals surface area contributed by atoms with Crippen molar-refractivity contribution in [1.82, 2.24) is 10.2 Å². The van der Waals surface area contributed by atoms with Gasteiger partial charge < -0.3 is 15.0 Å². The fraction of sp³-hybridized carbons (Fsp3) is 1.00. The van der Waals surface area contributed by atoms with Crippen molar-refractivity contribution < 1.29 is 4.74 Å². The first-order valence-electron chi connectivity index (χ1n) is 7.75. The summed E-state index contributed by atoms with van der Waals surface area (Å²) in [6.45, 7) is 13.4. The number of nitrogens with zero attached hydrogens (tertiary/aromatic N) is 1. The van der Waals surface area contributed by atoms with Crippen molar-refractivity contribution in [3.8, 4) is 0 Å². The van der Waals surface area contributed by atoms with Gasteiger partial charge in [-0.25, -0.2) is 0 Å². The fourth-order valence-corrected chi connectivity index (χ4v) is 2.64. The van der Waals surface area contributed by atoms with Gasteiger partial charge in [-0.1, -0.05) is 27.7 Å². The second-order valence-corrected chi connectivity index (χ2v) is 7.49. The highest BCUT2D eigenvalue weighted by Crippen LogP contribution is 2.43. The number of ether oxygens (including phenoxy) is 1. The van der Waals surface area contributed by atoms with Gasteiger partial charge in [0.15, 0.2) is 0 Å². The van der Waals surface area contributed by atoms with Gasteiger partial charge in [-0.15, -0.1) is 0 Å². The molecule has 114 valence electrons. The number of hydrogen-bond donors (Lipinski definition) is 1. The quantitative estimate of drug-likeness (QED) is 0.734. The molecule has 0 spiro atoms. The van der Waals surface area contributed by atoms with Crippen molar-refractivity contribution in [2.24, 2.45) is 11.3 Å². The minimum Gasteiger partial charge on any atom is -0.377 e. The van der Waals surface area contributed by atoms with Gasteiger partial charge in [0.2, 0.25) is 0 Å². The van der Waals surface area contributed by atoms with E-state index in [9.17, 15) is 0 Å². The van der Waals surface area contributed by atoms with Crippen LogP contribution in [-0.2, 0) is 4.74 Å². The van der Waals surface area contributed by atoms with Crippen molar-refractivity contribution in [3.63, 3.8) is 0 Å². The van der Waals surface area contributed by atoms with E-state index in [1.54, 1.807) is 0 Å². The van der Waals surface area contributed by atoms with Gasteiger partial charge in [-0.2, -0.15) is 0 Å². The van der Waals surface area contributed by atoms with Gasteiger partial charge in [-0.3, -0.25) is 0 Å². The van der Waals surface area contributed by atoms with Crippen LogP contribution >= 0.6 is 0 Å². The van der Waals surface area contributed by atoms with Crippen molar-refractivity contribution in [3.05, 3.63) is 0 Å². The maximum atomic E-state index is 6.02. The Balaban J connectivity index is 2.30. The summed E-state index contributed by atoms with van der Waals surface area (Å²) >= 11 is 0. The van der Waals surface area contributed by atoms with Gasteiger partial charge in [0, 0.05) is 24.1 Å². The zero-order chi connectivity index (χ0) is 14.6. The molecule has 0 aromatic heterocycles. The fourth-order valence-electron chi connectivity index (χ4n) is 2.64. The summed E-state index contributed by atoms with van der Waals surface area (Å²) in [7, 11) is 4.27. The van der Waals surface area contributed by atoms with E-state index in [1.807, 2.05) is 0 Å². The van der Waals surface area contributed by atoms with E-state index in [-0.39, 0.29) is 5.41 Å². The third kappa shape index (κ3) is 5.05. The topological polar surface area (TPSA) is 24.5 Å². The summed E-state index contributed by atoms with van der Waals surface area (Å²) in [5.74, 6) is 0.627. The number of nitrogens with one attached hydrogen (secondary N) is 1. The molecule has 3 atom stereocenters. The molecular weight excluding hydrogens is 236 g/mol. The molecule has 0 saturated heterocycles. The average molecular weight is 270 g/mol.